The van der Waals surface area contributed by atoms with Gasteiger partial charge in [0.25, 0.3) is 0 Å². The Bertz CT molecular complexity index is 738. The Morgan fingerprint density at radius 3 is 2.16 bits per heavy atom. The number of hydrogen-bond acceptors (Lipinski definition) is 9. The summed E-state index contributed by atoms with van der Waals surface area (Å²) in [4.78, 5) is 18.1. The van der Waals surface area contributed by atoms with Crippen LogP contribution in [0.3, 0.4) is 0 Å². The summed E-state index contributed by atoms with van der Waals surface area (Å²) >= 11 is 0. The first-order valence-corrected chi connectivity index (χ1v) is 8.80. The predicted molar refractivity (Wildman–Crippen MR) is 100 cm³/mol. The van der Waals surface area contributed by atoms with E-state index in [0.717, 1.165) is 32.2 Å². The summed E-state index contributed by atoms with van der Waals surface area (Å²) in [7, 11) is 3.55. The van der Waals surface area contributed by atoms with Gasteiger partial charge in [0.15, 0.2) is 11.6 Å². The fourth-order valence-corrected chi connectivity index (χ4v) is 2.99. The summed E-state index contributed by atoms with van der Waals surface area (Å²) in [5.74, 6) is 2.27. The van der Waals surface area contributed by atoms with Gasteiger partial charge in [-0.3, -0.25) is 0 Å². The fraction of sp³-hybridized carbons (Fsp3) is 0.625. The molecule has 5 N–H and O–H groups in total. The van der Waals surface area contributed by atoms with E-state index in [-0.39, 0.29) is 12.1 Å². The standard InChI is InChI=1S/C16H26N8O/c1-4-8-19-13-11-12(22-15(17-2)23-13)14(24-16(18-3)21-11)20-9-6-5-7-10(9)25/h9-10,25H,4-8H2,1-3H3,(H2,17,19,22,23)(H2,18,20,21,24)/t9-,10-/m1/s1. The van der Waals surface area contributed by atoms with Gasteiger partial charge < -0.3 is 26.4 Å². The maximum Gasteiger partial charge on any atom is 0.225 e. The van der Waals surface area contributed by atoms with E-state index in [1.54, 1.807) is 14.1 Å². The van der Waals surface area contributed by atoms with E-state index in [1.807, 2.05) is 0 Å². The van der Waals surface area contributed by atoms with Crippen LogP contribution in [-0.4, -0.2) is 57.8 Å². The number of nitrogens with zero attached hydrogens (tertiary/aromatic N) is 4. The zero-order valence-corrected chi connectivity index (χ0v) is 14.9. The van der Waals surface area contributed by atoms with Gasteiger partial charge in [-0.1, -0.05) is 6.92 Å². The summed E-state index contributed by atoms with van der Waals surface area (Å²) in [5.41, 5.74) is 1.29. The Morgan fingerprint density at radius 2 is 1.60 bits per heavy atom. The van der Waals surface area contributed by atoms with Gasteiger partial charge in [0.1, 0.15) is 11.0 Å². The average molecular weight is 346 g/mol. The van der Waals surface area contributed by atoms with Gasteiger partial charge in [0.2, 0.25) is 11.9 Å². The number of hydrogen-bond donors (Lipinski definition) is 5. The van der Waals surface area contributed by atoms with Crippen LogP contribution < -0.4 is 21.3 Å². The fourth-order valence-electron chi connectivity index (χ4n) is 2.99. The second-order valence-electron chi connectivity index (χ2n) is 6.16. The first-order chi connectivity index (χ1) is 12.2. The molecule has 9 nitrogen and oxygen atoms in total. The number of aliphatic hydroxyl groups excluding tert-OH is 1. The van der Waals surface area contributed by atoms with Gasteiger partial charge in [-0.05, 0) is 25.7 Å². The molecule has 0 spiro atoms. The Labute approximate surface area is 147 Å². The molecule has 136 valence electrons. The highest BCUT2D eigenvalue weighted by Crippen LogP contribution is 2.29. The van der Waals surface area contributed by atoms with E-state index in [0.29, 0.717) is 34.6 Å². The van der Waals surface area contributed by atoms with Gasteiger partial charge in [-0.15, -0.1) is 0 Å². The van der Waals surface area contributed by atoms with Gasteiger partial charge in [0.05, 0.1) is 12.1 Å². The minimum Gasteiger partial charge on any atom is -0.391 e. The molecule has 1 fully saturated rings. The molecule has 9 heteroatoms. The molecule has 1 aliphatic rings. The number of aliphatic hydroxyl groups is 1. The first-order valence-electron chi connectivity index (χ1n) is 8.80. The number of rotatable bonds is 7. The molecule has 1 aliphatic carbocycles. The minimum absolute atomic E-state index is 0.0251. The third-order valence-corrected chi connectivity index (χ3v) is 4.33. The highest BCUT2D eigenvalue weighted by molar-refractivity contribution is 5.94. The Hall–Kier alpha value is -2.42. The molecule has 0 amide bonds. The van der Waals surface area contributed by atoms with Crippen LogP contribution in [0, 0.1) is 0 Å². The SMILES string of the molecule is CCCNc1nc(NC)nc2c(N[C@@H]3CCC[C@H]3O)nc(NC)nc12. The van der Waals surface area contributed by atoms with E-state index in [4.69, 9.17) is 0 Å². The highest BCUT2D eigenvalue weighted by atomic mass is 16.3. The van der Waals surface area contributed by atoms with Crippen LogP contribution >= 0.6 is 0 Å². The lowest BCUT2D eigenvalue weighted by molar-refractivity contribution is 0.171. The van der Waals surface area contributed by atoms with Crippen LogP contribution in [0.5, 0.6) is 0 Å². The molecule has 2 aromatic rings. The average Bonchev–Trinajstić information content (AvgIpc) is 3.04. The smallest absolute Gasteiger partial charge is 0.225 e. The van der Waals surface area contributed by atoms with E-state index in [1.165, 1.54) is 0 Å². The molecule has 3 rings (SSSR count). The molecular formula is C16H26N8O. The molecule has 2 aromatic heterocycles. The minimum atomic E-state index is -0.369. The van der Waals surface area contributed by atoms with Crippen molar-refractivity contribution in [2.45, 2.75) is 44.8 Å². The molecule has 0 aromatic carbocycles. The van der Waals surface area contributed by atoms with Gasteiger partial charge in [-0.25, -0.2) is 9.97 Å². The summed E-state index contributed by atoms with van der Waals surface area (Å²) in [6.07, 6.45) is 3.32. The van der Waals surface area contributed by atoms with E-state index >= 15 is 0 Å². The van der Waals surface area contributed by atoms with Gasteiger partial charge >= 0.3 is 0 Å². The molecular weight excluding hydrogens is 320 g/mol. The molecule has 0 radical (unpaired) electrons. The van der Waals surface area contributed by atoms with Crippen LogP contribution in [0.25, 0.3) is 11.0 Å². The molecule has 1 saturated carbocycles. The van der Waals surface area contributed by atoms with E-state index in [2.05, 4.69) is 48.1 Å². The van der Waals surface area contributed by atoms with Crippen molar-refractivity contribution in [3.8, 4) is 0 Å². The third kappa shape index (κ3) is 3.65. The molecule has 0 aliphatic heterocycles. The van der Waals surface area contributed by atoms with Crippen molar-refractivity contribution in [1.82, 2.24) is 19.9 Å². The molecule has 2 atom stereocenters. The third-order valence-electron chi connectivity index (χ3n) is 4.33. The number of anilines is 4. The van der Waals surface area contributed by atoms with Gasteiger partial charge in [0, 0.05) is 20.6 Å². The Morgan fingerprint density at radius 1 is 0.960 bits per heavy atom. The van der Waals surface area contributed by atoms with Crippen molar-refractivity contribution >= 4 is 34.6 Å². The highest BCUT2D eigenvalue weighted by Gasteiger charge is 2.27. The van der Waals surface area contributed by atoms with Crippen LogP contribution in [0.15, 0.2) is 0 Å². The van der Waals surface area contributed by atoms with Crippen LogP contribution in [0.4, 0.5) is 23.5 Å². The maximum atomic E-state index is 10.1. The lowest BCUT2D eigenvalue weighted by Crippen LogP contribution is -2.28. The van der Waals surface area contributed by atoms with Gasteiger partial charge in [-0.2, -0.15) is 9.97 Å². The molecule has 2 heterocycles. The lowest BCUT2D eigenvalue weighted by Gasteiger charge is -2.19. The van der Waals surface area contributed by atoms with Crippen molar-refractivity contribution < 1.29 is 5.11 Å². The van der Waals surface area contributed by atoms with E-state index in [9.17, 15) is 5.11 Å². The topological polar surface area (TPSA) is 120 Å². The van der Waals surface area contributed by atoms with Crippen molar-refractivity contribution in [3.05, 3.63) is 0 Å². The zero-order chi connectivity index (χ0) is 17.8. The Kier molecular flexibility index (Phi) is 5.32. The Balaban J connectivity index is 2.10. The van der Waals surface area contributed by atoms with Crippen molar-refractivity contribution in [1.29, 1.82) is 0 Å². The van der Waals surface area contributed by atoms with Crippen molar-refractivity contribution in [3.63, 3.8) is 0 Å². The summed E-state index contributed by atoms with van der Waals surface area (Å²) < 4.78 is 0. The molecule has 0 saturated heterocycles. The molecule has 0 unspecified atom stereocenters. The quantitative estimate of drug-likeness (QED) is 0.509. The predicted octanol–water partition coefficient (Wildman–Crippen LogP) is 1.65. The van der Waals surface area contributed by atoms with Crippen molar-refractivity contribution in [2.75, 3.05) is 41.9 Å². The summed E-state index contributed by atoms with van der Waals surface area (Å²) in [5, 5.41) is 22.8. The first kappa shape index (κ1) is 17.4. The molecule has 25 heavy (non-hydrogen) atoms. The number of aromatic nitrogens is 4. The monoisotopic (exact) mass is 346 g/mol. The van der Waals surface area contributed by atoms with E-state index < -0.39 is 0 Å². The number of nitrogens with one attached hydrogen (secondary N) is 4. The van der Waals surface area contributed by atoms with Crippen LogP contribution in [0.1, 0.15) is 32.6 Å². The molecule has 0 bridgehead atoms. The van der Waals surface area contributed by atoms with Crippen LogP contribution in [-0.2, 0) is 0 Å². The van der Waals surface area contributed by atoms with Crippen molar-refractivity contribution in [2.24, 2.45) is 0 Å². The summed E-state index contributed by atoms with van der Waals surface area (Å²) in [6, 6.07) is -0.0251. The zero-order valence-electron chi connectivity index (χ0n) is 14.9. The summed E-state index contributed by atoms with van der Waals surface area (Å²) in [6.45, 7) is 2.89. The second kappa shape index (κ2) is 7.64. The number of fused-ring (bicyclic) bond motifs is 1. The van der Waals surface area contributed by atoms with Crippen LogP contribution in [0.2, 0.25) is 0 Å². The second-order valence-corrected chi connectivity index (χ2v) is 6.16. The normalized spacial score (nSPS) is 19.8. The maximum absolute atomic E-state index is 10.1. The lowest BCUT2D eigenvalue weighted by atomic mass is 10.2. The largest absolute Gasteiger partial charge is 0.391 e.